The van der Waals surface area contributed by atoms with Crippen molar-refractivity contribution in [3.63, 3.8) is 0 Å². The van der Waals surface area contributed by atoms with Crippen molar-refractivity contribution in [3.05, 3.63) is 0 Å². The zero-order valence-corrected chi connectivity index (χ0v) is 12.9. The van der Waals surface area contributed by atoms with Crippen LogP contribution in [-0.2, 0) is 4.74 Å². The molecule has 2 bridgehead atoms. The Morgan fingerprint density at radius 3 is 2.39 bits per heavy atom. The van der Waals surface area contributed by atoms with E-state index in [-0.39, 0.29) is 5.41 Å². The summed E-state index contributed by atoms with van der Waals surface area (Å²) in [7, 11) is 0. The monoisotopic (exact) mass is 253 g/mol. The fourth-order valence-corrected chi connectivity index (χ4v) is 3.96. The number of fused-ring (bicyclic) bond motifs is 2. The van der Waals surface area contributed by atoms with Crippen LogP contribution in [0, 0.1) is 22.2 Å². The zero-order chi connectivity index (χ0) is 13.6. The standard InChI is InChI=1S/C16H31NO/c1-14(2,11-17)8-9-18-13-10-12-6-7-16(13,5)15(12,3)4/h12-13H,6-11,17H2,1-5H3. The van der Waals surface area contributed by atoms with Gasteiger partial charge in [0.05, 0.1) is 6.10 Å². The van der Waals surface area contributed by atoms with Gasteiger partial charge in [-0.05, 0) is 54.4 Å². The summed E-state index contributed by atoms with van der Waals surface area (Å²) in [5.41, 5.74) is 6.84. The smallest absolute Gasteiger partial charge is 0.0636 e. The molecule has 3 unspecified atom stereocenters. The maximum Gasteiger partial charge on any atom is 0.0636 e. The molecule has 2 rings (SSSR count). The normalized spacial score (nSPS) is 38.3. The van der Waals surface area contributed by atoms with Crippen molar-refractivity contribution in [3.8, 4) is 0 Å². The summed E-state index contributed by atoms with van der Waals surface area (Å²) in [6, 6.07) is 0. The maximum atomic E-state index is 6.26. The Bertz CT molecular complexity index is 310. The van der Waals surface area contributed by atoms with Crippen molar-refractivity contribution < 1.29 is 4.74 Å². The number of ether oxygens (including phenoxy) is 1. The van der Waals surface area contributed by atoms with Gasteiger partial charge in [-0.2, -0.15) is 0 Å². The summed E-state index contributed by atoms with van der Waals surface area (Å²) >= 11 is 0. The van der Waals surface area contributed by atoms with Crippen LogP contribution < -0.4 is 5.73 Å². The lowest BCUT2D eigenvalue weighted by Crippen LogP contribution is -2.38. The lowest BCUT2D eigenvalue weighted by Gasteiger charge is -2.39. The summed E-state index contributed by atoms with van der Waals surface area (Å²) in [5, 5.41) is 0. The lowest BCUT2D eigenvalue weighted by molar-refractivity contribution is -0.0533. The van der Waals surface area contributed by atoms with Crippen molar-refractivity contribution in [2.75, 3.05) is 13.2 Å². The second-order valence-electron chi connectivity index (χ2n) is 8.09. The molecule has 2 N–H and O–H groups in total. The highest BCUT2D eigenvalue weighted by atomic mass is 16.5. The van der Waals surface area contributed by atoms with E-state index in [9.17, 15) is 0 Å². The van der Waals surface area contributed by atoms with Crippen LogP contribution in [0.25, 0.3) is 0 Å². The van der Waals surface area contributed by atoms with E-state index in [1.165, 1.54) is 19.3 Å². The molecular formula is C16H31NO. The van der Waals surface area contributed by atoms with Crippen molar-refractivity contribution in [1.82, 2.24) is 0 Å². The van der Waals surface area contributed by atoms with Gasteiger partial charge in [0, 0.05) is 6.61 Å². The van der Waals surface area contributed by atoms with E-state index in [1.807, 2.05) is 0 Å². The van der Waals surface area contributed by atoms with Crippen molar-refractivity contribution in [2.24, 2.45) is 27.9 Å². The molecule has 0 aliphatic heterocycles. The van der Waals surface area contributed by atoms with Gasteiger partial charge in [0.1, 0.15) is 0 Å². The van der Waals surface area contributed by atoms with Crippen molar-refractivity contribution in [1.29, 1.82) is 0 Å². The maximum absolute atomic E-state index is 6.26. The molecule has 0 amide bonds. The second-order valence-corrected chi connectivity index (χ2v) is 8.09. The topological polar surface area (TPSA) is 35.2 Å². The highest BCUT2D eigenvalue weighted by Gasteiger charge is 2.61. The first-order valence-electron chi connectivity index (χ1n) is 7.55. The van der Waals surface area contributed by atoms with Crippen LogP contribution in [0.4, 0.5) is 0 Å². The molecule has 0 spiro atoms. The van der Waals surface area contributed by atoms with E-state index in [0.29, 0.717) is 16.9 Å². The summed E-state index contributed by atoms with van der Waals surface area (Å²) in [5.74, 6) is 0.870. The summed E-state index contributed by atoms with van der Waals surface area (Å²) < 4.78 is 6.26. The Labute approximate surface area is 113 Å². The molecule has 18 heavy (non-hydrogen) atoms. The largest absolute Gasteiger partial charge is 0.378 e. The molecular weight excluding hydrogens is 222 g/mol. The van der Waals surface area contributed by atoms with Crippen molar-refractivity contribution >= 4 is 0 Å². The lowest BCUT2D eigenvalue weighted by atomic mass is 9.70. The average Bonchev–Trinajstić information content (AvgIpc) is 2.62. The van der Waals surface area contributed by atoms with Crippen LogP contribution in [0.3, 0.4) is 0 Å². The average molecular weight is 253 g/mol. The van der Waals surface area contributed by atoms with Crippen LogP contribution in [0.2, 0.25) is 0 Å². The Kier molecular flexibility index (Phi) is 3.57. The number of hydrogen-bond donors (Lipinski definition) is 1. The van der Waals surface area contributed by atoms with Gasteiger partial charge in [0.25, 0.3) is 0 Å². The first kappa shape index (κ1) is 14.3. The highest BCUT2D eigenvalue weighted by Crippen LogP contribution is 2.66. The van der Waals surface area contributed by atoms with Gasteiger partial charge < -0.3 is 10.5 Å². The van der Waals surface area contributed by atoms with Gasteiger partial charge in [0.15, 0.2) is 0 Å². The molecule has 2 nitrogen and oxygen atoms in total. The highest BCUT2D eigenvalue weighted by molar-refractivity contribution is 5.11. The van der Waals surface area contributed by atoms with Crippen LogP contribution in [-0.4, -0.2) is 19.3 Å². The van der Waals surface area contributed by atoms with Crippen molar-refractivity contribution in [2.45, 2.75) is 66.4 Å². The first-order chi connectivity index (χ1) is 8.23. The molecule has 0 aromatic rings. The van der Waals surface area contributed by atoms with E-state index < -0.39 is 0 Å². The fourth-order valence-electron chi connectivity index (χ4n) is 3.96. The third-order valence-corrected chi connectivity index (χ3v) is 6.36. The minimum Gasteiger partial charge on any atom is -0.378 e. The minimum atomic E-state index is 0.216. The predicted molar refractivity (Wildman–Crippen MR) is 76.4 cm³/mol. The van der Waals surface area contributed by atoms with Crippen LogP contribution >= 0.6 is 0 Å². The molecule has 0 aromatic carbocycles. The van der Waals surface area contributed by atoms with Gasteiger partial charge >= 0.3 is 0 Å². The van der Waals surface area contributed by atoms with Gasteiger partial charge in [0.2, 0.25) is 0 Å². The van der Waals surface area contributed by atoms with E-state index in [0.717, 1.165) is 25.5 Å². The Balaban J connectivity index is 1.90. The van der Waals surface area contributed by atoms with Crippen LogP contribution in [0.1, 0.15) is 60.3 Å². The minimum absolute atomic E-state index is 0.216. The predicted octanol–water partition coefficient (Wildman–Crippen LogP) is 3.59. The van der Waals surface area contributed by atoms with Gasteiger partial charge in [-0.15, -0.1) is 0 Å². The van der Waals surface area contributed by atoms with E-state index in [2.05, 4.69) is 34.6 Å². The van der Waals surface area contributed by atoms with E-state index in [1.54, 1.807) is 0 Å². The van der Waals surface area contributed by atoms with E-state index >= 15 is 0 Å². The molecule has 0 aromatic heterocycles. The molecule has 106 valence electrons. The molecule has 0 heterocycles. The number of rotatable bonds is 5. The molecule has 0 radical (unpaired) electrons. The van der Waals surface area contributed by atoms with Crippen LogP contribution in [0.15, 0.2) is 0 Å². The van der Waals surface area contributed by atoms with Gasteiger partial charge in [-0.25, -0.2) is 0 Å². The van der Waals surface area contributed by atoms with E-state index in [4.69, 9.17) is 10.5 Å². The first-order valence-corrected chi connectivity index (χ1v) is 7.55. The number of nitrogens with two attached hydrogens (primary N) is 1. The quantitative estimate of drug-likeness (QED) is 0.812. The molecule has 3 atom stereocenters. The second kappa shape index (κ2) is 4.49. The molecule has 2 heteroatoms. The summed E-state index contributed by atoms with van der Waals surface area (Å²) in [4.78, 5) is 0. The number of hydrogen-bond acceptors (Lipinski definition) is 2. The third kappa shape index (κ3) is 2.12. The molecule has 2 fully saturated rings. The Morgan fingerprint density at radius 1 is 1.28 bits per heavy atom. The third-order valence-electron chi connectivity index (χ3n) is 6.36. The zero-order valence-electron chi connectivity index (χ0n) is 12.9. The Morgan fingerprint density at radius 2 is 1.94 bits per heavy atom. The molecule has 2 aliphatic rings. The fraction of sp³-hybridized carbons (Fsp3) is 1.00. The molecule has 0 saturated heterocycles. The van der Waals surface area contributed by atoms with Gasteiger partial charge in [-0.3, -0.25) is 0 Å². The summed E-state index contributed by atoms with van der Waals surface area (Å²) in [6.07, 6.45) is 5.56. The van der Waals surface area contributed by atoms with Gasteiger partial charge in [-0.1, -0.05) is 34.6 Å². The SMILES string of the molecule is CC(C)(CN)CCOC1CC2CCC1(C)C2(C)C. The summed E-state index contributed by atoms with van der Waals surface area (Å²) in [6.45, 7) is 13.4. The van der Waals surface area contributed by atoms with Crippen LogP contribution in [0.5, 0.6) is 0 Å². The Hall–Kier alpha value is -0.0800. The molecule has 2 saturated carbocycles. The molecule has 2 aliphatic carbocycles.